The Morgan fingerprint density at radius 3 is 3.07 bits per heavy atom. The number of rotatable bonds is 1. The Balaban J connectivity index is 2.08. The summed E-state index contributed by atoms with van der Waals surface area (Å²) < 4.78 is 0. The van der Waals surface area contributed by atoms with Gasteiger partial charge in [0.25, 0.3) is 0 Å². The maximum atomic E-state index is 9.30. The lowest BCUT2D eigenvalue weighted by atomic mass is 9.79. The van der Waals surface area contributed by atoms with E-state index in [9.17, 15) is 5.11 Å². The molecule has 2 heteroatoms. The fraction of sp³-hybridized carbons (Fsp3) is 0.500. The number of aliphatic hydroxyl groups is 1. The second-order valence-corrected chi connectivity index (χ2v) is 4.31. The Labute approximate surface area is 84.2 Å². The molecule has 0 radical (unpaired) electrons. The fourth-order valence-electron chi connectivity index (χ4n) is 2.92. The van der Waals surface area contributed by atoms with Crippen molar-refractivity contribution in [1.82, 2.24) is 0 Å². The molecule has 4 rings (SSSR count). The van der Waals surface area contributed by atoms with Crippen molar-refractivity contribution in [2.75, 3.05) is 18.1 Å². The number of nitrogens with zero attached hydrogens (tertiary/aromatic N) is 1. The molecule has 1 saturated heterocycles. The van der Waals surface area contributed by atoms with E-state index in [1.54, 1.807) is 0 Å². The number of aliphatic hydroxyl groups excluding tert-OH is 1. The molecule has 2 nitrogen and oxygen atoms in total. The molecule has 3 heterocycles. The zero-order valence-corrected chi connectivity index (χ0v) is 8.19. The van der Waals surface area contributed by atoms with Gasteiger partial charge in [-0.1, -0.05) is 18.2 Å². The summed E-state index contributed by atoms with van der Waals surface area (Å²) in [5.74, 6) is 0.688. The molecule has 2 bridgehead atoms. The van der Waals surface area contributed by atoms with E-state index in [1.165, 1.54) is 17.7 Å². The maximum Gasteiger partial charge on any atom is 0.0635 e. The average Bonchev–Trinajstić information content (AvgIpc) is 2.30. The number of benzene rings is 1. The zero-order chi connectivity index (χ0) is 9.54. The molecule has 3 aliphatic heterocycles. The third-order valence-electron chi connectivity index (χ3n) is 3.61. The molecule has 1 fully saturated rings. The standard InChI is InChI=1S/C12H15NO/c14-8-10-7-9-5-6-13(10)12-4-2-1-3-11(9)12/h1-4,9-10,14H,5-8H2. The summed E-state index contributed by atoms with van der Waals surface area (Å²) in [5, 5.41) is 9.30. The van der Waals surface area contributed by atoms with E-state index >= 15 is 0 Å². The summed E-state index contributed by atoms with van der Waals surface area (Å²) in [6, 6.07) is 9.00. The van der Waals surface area contributed by atoms with Crippen molar-refractivity contribution in [1.29, 1.82) is 0 Å². The van der Waals surface area contributed by atoms with Crippen molar-refractivity contribution >= 4 is 5.69 Å². The summed E-state index contributed by atoms with van der Waals surface area (Å²) >= 11 is 0. The molecule has 3 aliphatic rings. The predicted molar refractivity (Wildman–Crippen MR) is 56.6 cm³/mol. The Kier molecular flexibility index (Phi) is 1.77. The number of fused-ring (bicyclic) bond motifs is 2. The summed E-state index contributed by atoms with van der Waals surface area (Å²) in [6.45, 7) is 1.41. The van der Waals surface area contributed by atoms with Crippen LogP contribution in [0.3, 0.4) is 0 Å². The van der Waals surface area contributed by atoms with E-state index in [4.69, 9.17) is 0 Å². The minimum absolute atomic E-state index is 0.296. The molecule has 0 saturated carbocycles. The van der Waals surface area contributed by atoms with E-state index in [2.05, 4.69) is 29.2 Å². The SMILES string of the molecule is OCC1CC2CCN1c1ccccc12. The van der Waals surface area contributed by atoms with Crippen LogP contribution in [0.5, 0.6) is 0 Å². The van der Waals surface area contributed by atoms with E-state index in [1.807, 2.05) is 0 Å². The summed E-state index contributed by atoms with van der Waals surface area (Å²) in [5.41, 5.74) is 2.84. The Hall–Kier alpha value is -1.02. The van der Waals surface area contributed by atoms with Crippen LogP contribution in [0.1, 0.15) is 24.3 Å². The molecule has 1 aromatic rings. The van der Waals surface area contributed by atoms with Gasteiger partial charge in [0.15, 0.2) is 0 Å². The van der Waals surface area contributed by atoms with Crippen molar-refractivity contribution in [3.8, 4) is 0 Å². The van der Waals surface area contributed by atoms with Crippen LogP contribution in [0.2, 0.25) is 0 Å². The zero-order valence-electron chi connectivity index (χ0n) is 8.19. The molecule has 74 valence electrons. The highest BCUT2D eigenvalue weighted by Gasteiger charge is 2.36. The van der Waals surface area contributed by atoms with Crippen molar-refractivity contribution < 1.29 is 5.11 Å². The molecule has 0 amide bonds. The molecule has 14 heavy (non-hydrogen) atoms. The van der Waals surface area contributed by atoms with Crippen LogP contribution in [-0.4, -0.2) is 24.3 Å². The van der Waals surface area contributed by atoms with Crippen LogP contribution < -0.4 is 4.90 Å². The van der Waals surface area contributed by atoms with E-state index < -0.39 is 0 Å². The molecule has 2 unspecified atom stereocenters. The third kappa shape index (κ3) is 1.01. The van der Waals surface area contributed by atoms with Gasteiger partial charge in [0.05, 0.1) is 12.6 Å². The molecule has 0 aliphatic carbocycles. The van der Waals surface area contributed by atoms with Crippen molar-refractivity contribution in [2.45, 2.75) is 24.8 Å². The molecular formula is C12H15NO. The van der Waals surface area contributed by atoms with Gasteiger partial charge in [-0.25, -0.2) is 0 Å². The number of hydrogen-bond acceptors (Lipinski definition) is 2. The molecule has 1 N–H and O–H groups in total. The van der Waals surface area contributed by atoms with Gasteiger partial charge in [0, 0.05) is 12.2 Å². The summed E-state index contributed by atoms with van der Waals surface area (Å²) in [6.07, 6.45) is 2.39. The van der Waals surface area contributed by atoms with Gasteiger partial charge in [-0.05, 0) is 30.4 Å². The van der Waals surface area contributed by atoms with Gasteiger partial charge in [-0.3, -0.25) is 0 Å². The largest absolute Gasteiger partial charge is 0.394 e. The van der Waals surface area contributed by atoms with Crippen LogP contribution in [0.4, 0.5) is 5.69 Å². The number of para-hydroxylation sites is 1. The topological polar surface area (TPSA) is 23.5 Å². The maximum absolute atomic E-state index is 9.30. The lowest BCUT2D eigenvalue weighted by Gasteiger charge is -2.47. The summed E-state index contributed by atoms with van der Waals surface area (Å²) in [7, 11) is 0. The fourth-order valence-corrected chi connectivity index (χ4v) is 2.92. The van der Waals surface area contributed by atoms with Crippen molar-refractivity contribution in [3.63, 3.8) is 0 Å². The molecule has 2 atom stereocenters. The Morgan fingerprint density at radius 1 is 1.36 bits per heavy atom. The molecule has 0 spiro atoms. The van der Waals surface area contributed by atoms with Crippen LogP contribution >= 0.6 is 0 Å². The smallest absolute Gasteiger partial charge is 0.0635 e. The number of piperidine rings is 1. The number of anilines is 1. The van der Waals surface area contributed by atoms with Gasteiger partial charge >= 0.3 is 0 Å². The first-order valence-corrected chi connectivity index (χ1v) is 5.36. The lowest BCUT2D eigenvalue weighted by molar-refractivity contribution is 0.225. The van der Waals surface area contributed by atoms with Gasteiger partial charge < -0.3 is 10.0 Å². The first-order valence-electron chi connectivity index (χ1n) is 5.36. The average molecular weight is 189 g/mol. The highest BCUT2D eigenvalue weighted by molar-refractivity contribution is 5.60. The summed E-state index contributed by atoms with van der Waals surface area (Å²) in [4.78, 5) is 2.37. The Bertz CT molecular complexity index is 350. The van der Waals surface area contributed by atoms with Gasteiger partial charge in [0.2, 0.25) is 0 Å². The molecular weight excluding hydrogens is 174 g/mol. The minimum Gasteiger partial charge on any atom is -0.394 e. The Morgan fingerprint density at radius 2 is 2.21 bits per heavy atom. The van der Waals surface area contributed by atoms with Crippen LogP contribution in [-0.2, 0) is 0 Å². The van der Waals surface area contributed by atoms with E-state index in [-0.39, 0.29) is 0 Å². The predicted octanol–water partition coefficient (Wildman–Crippen LogP) is 1.74. The van der Waals surface area contributed by atoms with E-state index in [0.29, 0.717) is 18.6 Å². The second kappa shape index (κ2) is 2.99. The van der Waals surface area contributed by atoms with Crippen LogP contribution in [0, 0.1) is 0 Å². The lowest BCUT2D eigenvalue weighted by Crippen LogP contribution is -2.48. The van der Waals surface area contributed by atoms with Gasteiger partial charge in [-0.15, -0.1) is 0 Å². The monoisotopic (exact) mass is 189 g/mol. The molecule has 1 aromatic carbocycles. The van der Waals surface area contributed by atoms with Gasteiger partial charge in [-0.2, -0.15) is 0 Å². The third-order valence-corrected chi connectivity index (χ3v) is 3.61. The first kappa shape index (κ1) is 8.30. The van der Waals surface area contributed by atoms with Crippen molar-refractivity contribution in [3.05, 3.63) is 29.8 Å². The normalized spacial score (nSPS) is 29.1. The highest BCUT2D eigenvalue weighted by Crippen LogP contribution is 2.44. The quantitative estimate of drug-likeness (QED) is 0.727. The van der Waals surface area contributed by atoms with Crippen LogP contribution in [0.25, 0.3) is 0 Å². The minimum atomic E-state index is 0.296. The molecule has 0 aromatic heterocycles. The van der Waals surface area contributed by atoms with E-state index in [0.717, 1.165) is 13.0 Å². The number of hydrogen-bond donors (Lipinski definition) is 1. The van der Waals surface area contributed by atoms with Gasteiger partial charge in [0.1, 0.15) is 0 Å². The van der Waals surface area contributed by atoms with Crippen molar-refractivity contribution in [2.24, 2.45) is 0 Å². The van der Waals surface area contributed by atoms with Crippen LogP contribution in [0.15, 0.2) is 24.3 Å². The highest BCUT2D eigenvalue weighted by atomic mass is 16.3. The second-order valence-electron chi connectivity index (χ2n) is 4.31. The first-order chi connectivity index (χ1) is 6.90.